The molecule has 0 aromatic carbocycles. The molecule has 0 saturated carbocycles. The fourth-order valence-corrected chi connectivity index (χ4v) is 4.83. The predicted octanol–water partition coefficient (Wildman–Crippen LogP) is 3.65. The van der Waals surface area contributed by atoms with Crippen molar-refractivity contribution in [2.45, 2.75) is 26.8 Å². The maximum absolute atomic E-state index is 12.6. The van der Waals surface area contributed by atoms with Crippen LogP contribution in [-0.2, 0) is 9.53 Å². The van der Waals surface area contributed by atoms with Crippen molar-refractivity contribution < 1.29 is 14.1 Å². The first kappa shape index (κ1) is 21.5. The van der Waals surface area contributed by atoms with E-state index >= 15 is 0 Å². The van der Waals surface area contributed by atoms with Gasteiger partial charge in [0.05, 0.1) is 19.3 Å². The summed E-state index contributed by atoms with van der Waals surface area (Å²) in [4.78, 5) is 16.2. The van der Waals surface area contributed by atoms with Crippen LogP contribution in [0.2, 0.25) is 0 Å². The van der Waals surface area contributed by atoms with E-state index in [1.807, 2.05) is 43.5 Å². The lowest BCUT2D eigenvalue weighted by atomic mass is 10.2. The fraction of sp³-hybridized carbons (Fsp3) is 0.391. The highest BCUT2D eigenvalue weighted by Gasteiger charge is 2.23. The van der Waals surface area contributed by atoms with Crippen LogP contribution in [0.5, 0.6) is 0 Å². The van der Waals surface area contributed by atoms with Gasteiger partial charge in [0.2, 0.25) is 5.91 Å². The molecule has 0 bridgehead atoms. The molecular weight excluding hydrogens is 412 g/mol. The molecule has 31 heavy (non-hydrogen) atoms. The summed E-state index contributed by atoms with van der Waals surface area (Å²) >= 11 is 1.72. The smallest absolute Gasteiger partial charge is 0.244 e. The highest BCUT2D eigenvalue weighted by Crippen LogP contribution is 2.25. The van der Waals surface area contributed by atoms with Crippen LogP contribution in [0, 0.1) is 20.8 Å². The second-order valence-electron chi connectivity index (χ2n) is 7.72. The van der Waals surface area contributed by atoms with Gasteiger partial charge in [0.15, 0.2) is 5.82 Å². The Morgan fingerprint density at radius 3 is 2.77 bits per heavy atom. The van der Waals surface area contributed by atoms with Crippen LogP contribution >= 0.6 is 11.3 Å². The molecule has 164 valence electrons. The molecule has 4 rings (SSSR count). The third-order valence-corrected chi connectivity index (χ3v) is 6.53. The van der Waals surface area contributed by atoms with Gasteiger partial charge >= 0.3 is 0 Å². The monoisotopic (exact) mass is 440 g/mol. The van der Waals surface area contributed by atoms with Crippen molar-refractivity contribution in [1.29, 1.82) is 0 Å². The van der Waals surface area contributed by atoms with Gasteiger partial charge in [-0.25, -0.2) is 0 Å². The lowest BCUT2D eigenvalue weighted by Crippen LogP contribution is -2.43. The van der Waals surface area contributed by atoms with E-state index in [0.29, 0.717) is 6.54 Å². The standard InChI is InChI=1S/C23H28N4O3S/c1-16-13-19(18(3)27(16)22-14-17(2)30-25-22)6-7-23(28)24-15-20(21-5-4-12-31-21)26-8-10-29-11-9-26/h4-7,12-14,20H,8-11,15H2,1-3H3,(H,24,28)/b7-6+/t20-/m0/s1. The topological polar surface area (TPSA) is 72.5 Å². The number of amides is 1. The third kappa shape index (κ3) is 4.98. The lowest BCUT2D eigenvalue weighted by molar-refractivity contribution is -0.116. The number of thiophene rings is 1. The van der Waals surface area contributed by atoms with Gasteiger partial charge in [-0.2, -0.15) is 0 Å². The Morgan fingerprint density at radius 1 is 1.29 bits per heavy atom. The van der Waals surface area contributed by atoms with Crippen molar-refractivity contribution in [1.82, 2.24) is 19.9 Å². The minimum absolute atomic E-state index is 0.100. The van der Waals surface area contributed by atoms with E-state index < -0.39 is 0 Å². The van der Waals surface area contributed by atoms with E-state index in [-0.39, 0.29) is 11.9 Å². The summed E-state index contributed by atoms with van der Waals surface area (Å²) in [5.74, 6) is 1.41. The van der Waals surface area contributed by atoms with Gasteiger partial charge in [-0.05, 0) is 49.9 Å². The molecule has 0 unspecified atom stereocenters. The average Bonchev–Trinajstić information content (AvgIpc) is 3.49. The van der Waals surface area contributed by atoms with Crippen molar-refractivity contribution in [3.05, 3.63) is 63.3 Å². The normalized spacial score (nSPS) is 16.1. The number of rotatable bonds is 7. The van der Waals surface area contributed by atoms with Gasteiger partial charge in [0.25, 0.3) is 0 Å². The molecule has 0 aliphatic carbocycles. The van der Waals surface area contributed by atoms with Crippen LogP contribution in [-0.4, -0.2) is 53.4 Å². The van der Waals surface area contributed by atoms with Gasteiger partial charge < -0.3 is 14.6 Å². The van der Waals surface area contributed by atoms with Crippen LogP contribution < -0.4 is 5.32 Å². The minimum Gasteiger partial charge on any atom is -0.379 e. The summed E-state index contributed by atoms with van der Waals surface area (Å²) in [6.07, 6.45) is 3.46. The van der Waals surface area contributed by atoms with Crippen molar-refractivity contribution >= 4 is 23.3 Å². The Morgan fingerprint density at radius 2 is 2.10 bits per heavy atom. The van der Waals surface area contributed by atoms with Crippen molar-refractivity contribution in [3.63, 3.8) is 0 Å². The van der Waals surface area contributed by atoms with Crippen LogP contribution in [0.1, 0.15) is 33.6 Å². The molecule has 1 fully saturated rings. The van der Waals surface area contributed by atoms with E-state index in [1.165, 1.54) is 4.88 Å². The van der Waals surface area contributed by atoms with E-state index in [4.69, 9.17) is 9.26 Å². The van der Waals surface area contributed by atoms with Gasteiger partial charge in [0.1, 0.15) is 5.76 Å². The van der Waals surface area contributed by atoms with Crippen LogP contribution in [0.4, 0.5) is 0 Å². The average molecular weight is 441 g/mol. The molecule has 1 atom stereocenters. The zero-order valence-electron chi connectivity index (χ0n) is 18.1. The minimum atomic E-state index is -0.100. The maximum Gasteiger partial charge on any atom is 0.244 e. The summed E-state index contributed by atoms with van der Waals surface area (Å²) in [6, 6.07) is 8.30. The molecular formula is C23H28N4O3S. The van der Waals surface area contributed by atoms with Gasteiger partial charge in [-0.15, -0.1) is 11.3 Å². The summed E-state index contributed by atoms with van der Waals surface area (Å²) in [7, 11) is 0. The SMILES string of the molecule is Cc1cc(-n2c(C)cc(/C=C/C(=O)NC[C@@H](c3cccs3)N3CCOCC3)c2C)no1. The number of nitrogens with zero attached hydrogens (tertiary/aromatic N) is 3. The Kier molecular flexibility index (Phi) is 6.70. The van der Waals surface area contributed by atoms with Gasteiger partial charge in [-0.1, -0.05) is 11.2 Å². The third-order valence-electron chi connectivity index (χ3n) is 5.56. The molecule has 0 spiro atoms. The van der Waals surface area contributed by atoms with Crippen molar-refractivity contribution in [2.75, 3.05) is 32.8 Å². The lowest BCUT2D eigenvalue weighted by Gasteiger charge is -2.34. The van der Waals surface area contributed by atoms with Crippen LogP contribution in [0.15, 0.2) is 40.2 Å². The predicted molar refractivity (Wildman–Crippen MR) is 122 cm³/mol. The quantitative estimate of drug-likeness (QED) is 0.568. The Balaban J connectivity index is 1.42. The molecule has 1 aliphatic heterocycles. The Bertz CT molecular complexity index is 1050. The number of nitrogens with one attached hydrogen (secondary N) is 1. The first-order valence-electron chi connectivity index (χ1n) is 10.5. The number of carbonyl (C=O) groups is 1. The zero-order chi connectivity index (χ0) is 21.8. The summed E-state index contributed by atoms with van der Waals surface area (Å²) in [5, 5.41) is 9.26. The van der Waals surface area contributed by atoms with Crippen LogP contribution in [0.25, 0.3) is 11.9 Å². The summed E-state index contributed by atoms with van der Waals surface area (Å²) < 4.78 is 12.7. The van der Waals surface area contributed by atoms with Crippen molar-refractivity contribution in [3.8, 4) is 5.82 Å². The number of ether oxygens (including phenoxy) is 1. The van der Waals surface area contributed by atoms with Crippen molar-refractivity contribution in [2.24, 2.45) is 0 Å². The number of hydrogen-bond donors (Lipinski definition) is 1. The molecule has 0 radical (unpaired) electrons. The molecule has 7 nitrogen and oxygen atoms in total. The number of morpholine rings is 1. The molecule has 1 N–H and O–H groups in total. The Hall–Kier alpha value is -2.68. The summed E-state index contributed by atoms with van der Waals surface area (Å²) in [5.41, 5.74) is 3.03. The molecule has 1 aliphatic rings. The number of carbonyl (C=O) groups excluding carboxylic acids is 1. The highest BCUT2D eigenvalue weighted by molar-refractivity contribution is 7.10. The number of hydrogen-bond acceptors (Lipinski definition) is 6. The fourth-order valence-electron chi connectivity index (χ4n) is 3.97. The van der Waals surface area contributed by atoms with E-state index in [2.05, 4.69) is 32.9 Å². The molecule has 1 amide bonds. The maximum atomic E-state index is 12.6. The highest BCUT2D eigenvalue weighted by atomic mass is 32.1. The van der Waals surface area contributed by atoms with E-state index in [1.54, 1.807) is 17.4 Å². The largest absolute Gasteiger partial charge is 0.379 e. The van der Waals surface area contributed by atoms with Crippen LogP contribution in [0.3, 0.4) is 0 Å². The summed E-state index contributed by atoms with van der Waals surface area (Å²) in [6.45, 7) is 9.69. The zero-order valence-corrected chi connectivity index (χ0v) is 18.9. The molecule has 1 saturated heterocycles. The number of aryl methyl sites for hydroxylation is 2. The first-order chi connectivity index (χ1) is 15.0. The second-order valence-corrected chi connectivity index (χ2v) is 8.69. The van der Waals surface area contributed by atoms with Gasteiger partial charge in [0, 0.05) is 48.0 Å². The Labute approximate surface area is 186 Å². The first-order valence-corrected chi connectivity index (χ1v) is 11.3. The number of aromatic nitrogens is 2. The van der Waals surface area contributed by atoms with Gasteiger partial charge in [-0.3, -0.25) is 14.3 Å². The molecule has 4 heterocycles. The molecule has 3 aromatic heterocycles. The molecule has 8 heteroatoms. The van der Waals surface area contributed by atoms with E-state index in [9.17, 15) is 4.79 Å². The second kappa shape index (κ2) is 9.64. The van der Waals surface area contributed by atoms with E-state index in [0.717, 1.165) is 54.8 Å². The molecule has 3 aromatic rings.